The maximum Gasteiger partial charge on any atom is 0.337 e. The molecule has 1 heterocycles. The van der Waals surface area contributed by atoms with E-state index in [9.17, 15) is 9.59 Å². The smallest absolute Gasteiger partial charge is 0.337 e. The Morgan fingerprint density at radius 3 is 2.46 bits per heavy atom. The third kappa shape index (κ3) is 5.00. The summed E-state index contributed by atoms with van der Waals surface area (Å²) in [6.07, 6.45) is 4.74. The minimum absolute atomic E-state index is 0.314. The third-order valence-corrected chi connectivity index (χ3v) is 4.29. The highest BCUT2D eigenvalue weighted by Crippen LogP contribution is 2.30. The first kappa shape index (κ1) is 19.8. The minimum Gasteiger partial charge on any atom is -0.494 e. The Kier molecular flexibility index (Phi) is 7.51. The lowest BCUT2D eigenvalue weighted by Gasteiger charge is -2.29. The van der Waals surface area contributed by atoms with Crippen LogP contribution in [-0.4, -0.2) is 25.7 Å². The van der Waals surface area contributed by atoms with Crippen LogP contribution in [0.4, 0.5) is 4.79 Å². The van der Waals surface area contributed by atoms with Gasteiger partial charge in [-0.1, -0.05) is 45.2 Å². The topological polar surface area (TPSA) is 76.7 Å². The van der Waals surface area contributed by atoms with Gasteiger partial charge in [-0.2, -0.15) is 0 Å². The van der Waals surface area contributed by atoms with E-state index in [4.69, 9.17) is 9.47 Å². The normalized spacial score (nSPS) is 16.7. The zero-order chi connectivity index (χ0) is 18.9. The van der Waals surface area contributed by atoms with Crippen LogP contribution in [0.3, 0.4) is 0 Å². The summed E-state index contributed by atoms with van der Waals surface area (Å²) in [5, 5.41) is 5.55. The monoisotopic (exact) mass is 360 g/mol. The van der Waals surface area contributed by atoms with Gasteiger partial charge in [-0.3, -0.25) is 0 Å². The van der Waals surface area contributed by atoms with E-state index >= 15 is 0 Å². The Morgan fingerprint density at radius 1 is 1.12 bits per heavy atom. The molecule has 0 spiro atoms. The SMILES string of the molecule is CCCCCOc1ccc(C2NC(=O)NC(CCC)=C2C(=O)OC)cc1. The first-order chi connectivity index (χ1) is 12.6. The highest BCUT2D eigenvalue weighted by molar-refractivity contribution is 5.95. The number of rotatable bonds is 9. The number of hydrogen-bond acceptors (Lipinski definition) is 4. The average Bonchev–Trinajstić information content (AvgIpc) is 2.65. The molecule has 1 aliphatic heterocycles. The Labute approximate surface area is 154 Å². The molecule has 0 fully saturated rings. The van der Waals surface area contributed by atoms with E-state index in [1.807, 2.05) is 31.2 Å². The summed E-state index contributed by atoms with van der Waals surface area (Å²) < 4.78 is 10.7. The summed E-state index contributed by atoms with van der Waals surface area (Å²) in [5.41, 5.74) is 1.88. The fraction of sp³-hybridized carbons (Fsp3) is 0.500. The fourth-order valence-corrected chi connectivity index (χ4v) is 2.96. The first-order valence-corrected chi connectivity index (χ1v) is 9.22. The number of amides is 2. The van der Waals surface area contributed by atoms with Crippen LogP contribution in [-0.2, 0) is 9.53 Å². The Morgan fingerprint density at radius 2 is 1.85 bits per heavy atom. The fourth-order valence-electron chi connectivity index (χ4n) is 2.96. The van der Waals surface area contributed by atoms with Gasteiger partial charge in [0.2, 0.25) is 0 Å². The second kappa shape index (κ2) is 9.85. The number of ether oxygens (including phenoxy) is 2. The van der Waals surface area contributed by atoms with E-state index in [-0.39, 0.29) is 6.03 Å². The molecule has 0 saturated heterocycles. The molecule has 0 radical (unpaired) electrons. The Balaban J connectivity index is 2.22. The number of benzene rings is 1. The summed E-state index contributed by atoms with van der Waals surface area (Å²) in [4.78, 5) is 24.3. The van der Waals surface area contributed by atoms with Gasteiger partial charge >= 0.3 is 12.0 Å². The first-order valence-electron chi connectivity index (χ1n) is 9.22. The molecule has 2 N–H and O–H groups in total. The second-order valence-corrected chi connectivity index (χ2v) is 6.29. The molecule has 1 aliphatic rings. The maximum atomic E-state index is 12.3. The lowest BCUT2D eigenvalue weighted by Crippen LogP contribution is -2.45. The molecule has 1 aromatic carbocycles. The highest BCUT2D eigenvalue weighted by Gasteiger charge is 2.32. The van der Waals surface area contributed by atoms with Crippen molar-refractivity contribution in [2.24, 2.45) is 0 Å². The van der Waals surface area contributed by atoms with Gasteiger partial charge in [0, 0.05) is 5.70 Å². The van der Waals surface area contributed by atoms with E-state index in [0.29, 0.717) is 24.3 Å². The van der Waals surface area contributed by atoms with Crippen molar-refractivity contribution in [3.8, 4) is 5.75 Å². The molecule has 26 heavy (non-hydrogen) atoms. The third-order valence-electron chi connectivity index (χ3n) is 4.29. The predicted octanol–water partition coefficient (Wildman–Crippen LogP) is 3.84. The van der Waals surface area contributed by atoms with Crippen molar-refractivity contribution < 1.29 is 19.1 Å². The van der Waals surface area contributed by atoms with Gasteiger partial charge in [-0.15, -0.1) is 0 Å². The Bertz CT molecular complexity index is 652. The van der Waals surface area contributed by atoms with Gasteiger partial charge in [0.25, 0.3) is 0 Å². The predicted molar refractivity (Wildman–Crippen MR) is 99.8 cm³/mol. The molecule has 2 rings (SSSR count). The van der Waals surface area contributed by atoms with Crippen LogP contribution >= 0.6 is 0 Å². The van der Waals surface area contributed by atoms with Crippen molar-refractivity contribution >= 4 is 12.0 Å². The largest absolute Gasteiger partial charge is 0.494 e. The van der Waals surface area contributed by atoms with Crippen LogP contribution in [0.25, 0.3) is 0 Å². The molecule has 1 atom stereocenters. The maximum absolute atomic E-state index is 12.3. The van der Waals surface area contributed by atoms with E-state index < -0.39 is 12.0 Å². The zero-order valence-electron chi connectivity index (χ0n) is 15.8. The van der Waals surface area contributed by atoms with Gasteiger partial charge < -0.3 is 20.1 Å². The lowest BCUT2D eigenvalue weighted by atomic mass is 9.94. The summed E-state index contributed by atoms with van der Waals surface area (Å²) in [5.74, 6) is 0.341. The van der Waals surface area contributed by atoms with Gasteiger partial charge in [0.05, 0.1) is 25.3 Å². The van der Waals surface area contributed by atoms with Crippen molar-refractivity contribution in [3.63, 3.8) is 0 Å². The van der Waals surface area contributed by atoms with Crippen LogP contribution in [0.1, 0.15) is 57.6 Å². The van der Waals surface area contributed by atoms with Gasteiger partial charge in [0.1, 0.15) is 5.75 Å². The van der Waals surface area contributed by atoms with Crippen molar-refractivity contribution in [2.45, 2.75) is 52.0 Å². The summed E-state index contributed by atoms with van der Waals surface area (Å²) in [7, 11) is 1.35. The molecule has 6 nitrogen and oxygen atoms in total. The zero-order valence-corrected chi connectivity index (χ0v) is 15.8. The number of methoxy groups -OCH3 is 1. The minimum atomic E-state index is -0.535. The lowest BCUT2D eigenvalue weighted by molar-refractivity contribution is -0.136. The van der Waals surface area contributed by atoms with Gasteiger partial charge in [-0.05, 0) is 30.5 Å². The standard InChI is InChI=1S/C20H28N2O4/c1-4-6-7-13-26-15-11-9-14(10-12-15)18-17(19(23)25-3)16(8-5-2)21-20(24)22-18/h9-12,18H,4-8,13H2,1-3H3,(H2,21,22,24). The van der Waals surface area contributed by atoms with Gasteiger partial charge in [-0.25, -0.2) is 9.59 Å². The number of nitrogens with one attached hydrogen (secondary N) is 2. The molecule has 1 aromatic rings. The molecule has 142 valence electrons. The molecule has 1 unspecified atom stereocenters. The van der Waals surface area contributed by atoms with Crippen LogP contribution in [0.5, 0.6) is 5.75 Å². The molecule has 0 saturated carbocycles. The summed E-state index contributed by atoms with van der Waals surface area (Å²) >= 11 is 0. The number of hydrogen-bond donors (Lipinski definition) is 2. The van der Waals surface area contributed by atoms with E-state index in [0.717, 1.165) is 37.0 Å². The molecule has 2 amide bonds. The molecule has 0 aromatic heterocycles. The van der Waals surface area contributed by atoms with Crippen molar-refractivity contribution in [1.29, 1.82) is 0 Å². The number of carbonyl (C=O) groups is 2. The number of carbonyl (C=O) groups excluding carboxylic acids is 2. The number of allylic oxidation sites excluding steroid dienone is 1. The van der Waals surface area contributed by atoms with Crippen LogP contribution < -0.4 is 15.4 Å². The van der Waals surface area contributed by atoms with E-state index in [2.05, 4.69) is 17.6 Å². The molecule has 0 aliphatic carbocycles. The van der Waals surface area contributed by atoms with Crippen molar-refractivity contribution in [2.75, 3.05) is 13.7 Å². The average molecular weight is 360 g/mol. The second-order valence-electron chi connectivity index (χ2n) is 6.29. The summed E-state index contributed by atoms with van der Waals surface area (Å²) in [6, 6.07) is 6.63. The molecular weight excluding hydrogens is 332 g/mol. The van der Waals surface area contributed by atoms with Crippen molar-refractivity contribution in [1.82, 2.24) is 10.6 Å². The molecular formula is C20H28N2O4. The number of urea groups is 1. The van der Waals surface area contributed by atoms with E-state index in [1.165, 1.54) is 7.11 Å². The number of esters is 1. The van der Waals surface area contributed by atoms with E-state index in [1.54, 1.807) is 0 Å². The Hall–Kier alpha value is -2.50. The molecule has 6 heteroatoms. The number of unbranched alkanes of at least 4 members (excludes halogenated alkanes) is 2. The summed E-state index contributed by atoms with van der Waals surface area (Å²) in [6.45, 7) is 4.84. The van der Waals surface area contributed by atoms with Crippen LogP contribution in [0.15, 0.2) is 35.5 Å². The van der Waals surface area contributed by atoms with Crippen LogP contribution in [0, 0.1) is 0 Å². The van der Waals surface area contributed by atoms with Gasteiger partial charge in [0.15, 0.2) is 0 Å². The highest BCUT2D eigenvalue weighted by atomic mass is 16.5. The quantitative estimate of drug-likeness (QED) is 0.518. The molecule has 0 bridgehead atoms. The van der Waals surface area contributed by atoms with Crippen molar-refractivity contribution in [3.05, 3.63) is 41.1 Å². The van der Waals surface area contributed by atoms with Crippen LogP contribution in [0.2, 0.25) is 0 Å².